The molecular formula is C11H21N3O2. The summed E-state index contributed by atoms with van der Waals surface area (Å²) in [5.41, 5.74) is 5.65. The average molecular weight is 227 g/mol. The summed E-state index contributed by atoms with van der Waals surface area (Å²) in [6.07, 6.45) is 3.21. The van der Waals surface area contributed by atoms with Crippen LogP contribution < -0.4 is 11.1 Å². The summed E-state index contributed by atoms with van der Waals surface area (Å²) in [5, 5.41) is 2.61. The van der Waals surface area contributed by atoms with Gasteiger partial charge in [-0.15, -0.1) is 0 Å². The predicted octanol–water partition coefficient (Wildman–Crippen LogP) is -0.148. The van der Waals surface area contributed by atoms with E-state index in [1.165, 1.54) is 0 Å². The lowest BCUT2D eigenvalue weighted by molar-refractivity contribution is -0.132. The molecule has 1 saturated heterocycles. The lowest BCUT2D eigenvalue weighted by Crippen LogP contribution is -2.40. The second kappa shape index (κ2) is 6.48. The molecule has 16 heavy (non-hydrogen) atoms. The van der Waals surface area contributed by atoms with Crippen LogP contribution in [0.5, 0.6) is 0 Å². The Kier molecular flexibility index (Phi) is 5.25. The summed E-state index contributed by atoms with van der Waals surface area (Å²) in [4.78, 5) is 24.7. The first kappa shape index (κ1) is 13.0. The molecule has 1 unspecified atom stereocenters. The zero-order valence-electron chi connectivity index (χ0n) is 9.87. The number of amides is 2. The third-order valence-corrected chi connectivity index (χ3v) is 2.87. The van der Waals surface area contributed by atoms with Gasteiger partial charge < -0.3 is 16.0 Å². The van der Waals surface area contributed by atoms with Gasteiger partial charge in [-0.05, 0) is 19.3 Å². The summed E-state index contributed by atoms with van der Waals surface area (Å²) < 4.78 is 0. The highest BCUT2D eigenvalue weighted by Crippen LogP contribution is 2.06. The van der Waals surface area contributed by atoms with Gasteiger partial charge in [0.25, 0.3) is 0 Å². The third kappa shape index (κ3) is 4.18. The molecule has 0 aliphatic carbocycles. The zero-order valence-corrected chi connectivity index (χ0v) is 9.87. The summed E-state index contributed by atoms with van der Waals surface area (Å²) >= 11 is 0. The molecule has 1 atom stereocenters. The van der Waals surface area contributed by atoms with E-state index in [9.17, 15) is 9.59 Å². The number of carbonyl (C=O) groups excluding carboxylic acids is 2. The molecule has 5 nitrogen and oxygen atoms in total. The number of nitrogens with one attached hydrogen (secondary N) is 1. The smallest absolute Gasteiger partial charge is 0.241 e. The monoisotopic (exact) mass is 227 g/mol. The standard InChI is InChI=1S/C11H21N3O2/c1-2-9(12)7-10(15)13-8-11(16)14-5-3-4-6-14/h9H,2-8,12H2,1H3,(H,13,15). The van der Waals surface area contributed by atoms with Crippen LogP contribution in [0.3, 0.4) is 0 Å². The number of nitrogens with zero attached hydrogens (tertiary/aromatic N) is 1. The molecule has 92 valence electrons. The molecule has 0 aromatic heterocycles. The molecule has 1 aliphatic heterocycles. The van der Waals surface area contributed by atoms with E-state index in [1.54, 1.807) is 4.90 Å². The minimum atomic E-state index is -0.137. The van der Waals surface area contributed by atoms with Gasteiger partial charge in [0.15, 0.2) is 0 Å². The van der Waals surface area contributed by atoms with E-state index >= 15 is 0 Å². The Morgan fingerprint density at radius 3 is 2.56 bits per heavy atom. The van der Waals surface area contributed by atoms with Crippen LogP contribution in [-0.4, -0.2) is 42.4 Å². The van der Waals surface area contributed by atoms with E-state index in [-0.39, 0.29) is 24.4 Å². The summed E-state index contributed by atoms with van der Waals surface area (Å²) in [6.45, 7) is 3.69. The Morgan fingerprint density at radius 1 is 1.38 bits per heavy atom. The SMILES string of the molecule is CCC(N)CC(=O)NCC(=O)N1CCCC1. The molecule has 0 bridgehead atoms. The average Bonchev–Trinajstić information content (AvgIpc) is 2.79. The maximum absolute atomic E-state index is 11.6. The fraction of sp³-hybridized carbons (Fsp3) is 0.818. The first-order chi connectivity index (χ1) is 7.63. The Balaban J connectivity index is 2.18. The minimum Gasteiger partial charge on any atom is -0.347 e. The Morgan fingerprint density at radius 2 is 2.00 bits per heavy atom. The van der Waals surface area contributed by atoms with Crippen LogP contribution in [0.4, 0.5) is 0 Å². The van der Waals surface area contributed by atoms with Gasteiger partial charge in [-0.2, -0.15) is 0 Å². The quantitative estimate of drug-likeness (QED) is 0.686. The summed E-state index contributed by atoms with van der Waals surface area (Å²) in [5.74, 6) is -0.127. The molecule has 0 saturated carbocycles. The van der Waals surface area contributed by atoms with Crippen molar-refractivity contribution in [3.05, 3.63) is 0 Å². The second-order valence-electron chi connectivity index (χ2n) is 4.24. The van der Waals surface area contributed by atoms with Gasteiger partial charge in [-0.1, -0.05) is 6.92 Å². The van der Waals surface area contributed by atoms with Crippen molar-refractivity contribution in [2.24, 2.45) is 5.73 Å². The van der Waals surface area contributed by atoms with Crippen molar-refractivity contribution in [2.45, 2.75) is 38.6 Å². The molecule has 0 aromatic carbocycles. The molecule has 1 rings (SSSR count). The second-order valence-corrected chi connectivity index (χ2v) is 4.24. The number of carbonyl (C=O) groups is 2. The fourth-order valence-corrected chi connectivity index (χ4v) is 1.71. The molecule has 1 fully saturated rings. The molecule has 0 aromatic rings. The molecule has 1 heterocycles. The number of nitrogens with two attached hydrogens (primary N) is 1. The van der Waals surface area contributed by atoms with Crippen LogP contribution in [0.15, 0.2) is 0 Å². The molecular weight excluding hydrogens is 206 g/mol. The predicted molar refractivity (Wildman–Crippen MR) is 61.7 cm³/mol. The van der Waals surface area contributed by atoms with Crippen molar-refractivity contribution in [3.63, 3.8) is 0 Å². The maximum atomic E-state index is 11.6. The zero-order chi connectivity index (χ0) is 12.0. The maximum Gasteiger partial charge on any atom is 0.241 e. The van der Waals surface area contributed by atoms with E-state index in [0.717, 1.165) is 32.4 Å². The molecule has 1 aliphatic rings. The number of likely N-dealkylation sites (tertiary alicyclic amines) is 1. The van der Waals surface area contributed by atoms with Crippen molar-refractivity contribution in [3.8, 4) is 0 Å². The van der Waals surface area contributed by atoms with E-state index in [0.29, 0.717) is 6.42 Å². The van der Waals surface area contributed by atoms with Gasteiger partial charge in [0, 0.05) is 25.6 Å². The van der Waals surface area contributed by atoms with Crippen LogP contribution in [-0.2, 0) is 9.59 Å². The van der Waals surface area contributed by atoms with Crippen molar-refractivity contribution >= 4 is 11.8 Å². The number of hydrogen-bond donors (Lipinski definition) is 2. The minimum absolute atomic E-state index is 0.0101. The van der Waals surface area contributed by atoms with Crippen molar-refractivity contribution in [2.75, 3.05) is 19.6 Å². The first-order valence-electron chi connectivity index (χ1n) is 5.93. The van der Waals surface area contributed by atoms with E-state index in [2.05, 4.69) is 5.32 Å². The van der Waals surface area contributed by atoms with Crippen LogP contribution in [0.1, 0.15) is 32.6 Å². The summed E-state index contributed by atoms with van der Waals surface area (Å²) in [6, 6.07) is -0.109. The number of hydrogen-bond acceptors (Lipinski definition) is 3. The lowest BCUT2D eigenvalue weighted by Gasteiger charge is -2.16. The fourth-order valence-electron chi connectivity index (χ4n) is 1.71. The molecule has 2 amide bonds. The van der Waals surface area contributed by atoms with Gasteiger partial charge in [0.1, 0.15) is 0 Å². The Hall–Kier alpha value is -1.10. The Bertz CT molecular complexity index is 250. The van der Waals surface area contributed by atoms with E-state index in [1.807, 2.05) is 6.92 Å². The van der Waals surface area contributed by atoms with Gasteiger partial charge >= 0.3 is 0 Å². The van der Waals surface area contributed by atoms with E-state index in [4.69, 9.17) is 5.73 Å². The van der Waals surface area contributed by atoms with E-state index < -0.39 is 0 Å². The van der Waals surface area contributed by atoms with Crippen LogP contribution in [0.2, 0.25) is 0 Å². The topological polar surface area (TPSA) is 75.4 Å². The molecule has 5 heteroatoms. The van der Waals surface area contributed by atoms with Crippen molar-refractivity contribution in [1.29, 1.82) is 0 Å². The first-order valence-corrected chi connectivity index (χ1v) is 5.93. The highest BCUT2D eigenvalue weighted by atomic mass is 16.2. The van der Waals surface area contributed by atoms with Crippen LogP contribution in [0.25, 0.3) is 0 Å². The normalized spacial score (nSPS) is 17.2. The van der Waals surface area contributed by atoms with Crippen molar-refractivity contribution in [1.82, 2.24) is 10.2 Å². The van der Waals surface area contributed by atoms with Gasteiger partial charge in [-0.3, -0.25) is 9.59 Å². The Labute approximate surface area is 96.4 Å². The largest absolute Gasteiger partial charge is 0.347 e. The molecule has 0 radical (unpaired) electrons. The summed E-state index contributed by atoms with van der Waals surface area (Å²) in [7, 11) is 0. The van der Waals surface area contributed by atoms with Crippen LogP contribution in [0, 0.1) is 0 Å². The van der Waals surface area contributed by atoms with Gasteiger partial charge in [0.2, 0.25) is 11.8 Å². The highest BCUT2D eigenvalue weighted by Gasteiger charge is 2.18. The number of rotatable bonds is 5. The molecule has 3 N–H and O–H groups in total. The highest BCUT2D eigenvalue weighted by molar-refractivity contribution is 5.85. The third-order valence-electron chi connectivity index (χ3n) is 2.87. The molecule has 0 spiro atoms. The van der Waals surface area contributed by atoms with Gasteiger partial charge in [-0.25, -0.2) is 0 Å². The van der Waals surface area contributed by atoms with Gasteiger partial charge in [0.05, 0.1) is 6.54 Å². The lowest BCUT2D eigenvalue weighted by atomic mass is 10.1. The van der Waals surface area contributed by atoms with Crippen LogP contribution >= 0.6 is 0 Å². The van der Waals surface area contributed by atoms with Crippen molar-refractivity contribution < 1.29 is 9.59 Å².